The molecule has 15 saturated carbocycles. The van der Waals surface area contributed by atoms with Gasteiger partial charge in [0.2, 0.25) is 0 Å². The van der Waals surface area contributed by atoms with E-state index in [1.165, 1.54) is 161 Å². The van der Waals surface area contributed by atoms with Gasteiger partial charge in [0, 0.05) is 30.2 Å². The van der Waals surface area contributed by atoms with Crippen molar-refractivity contribution in [3.8, 4) is 0 Å². The van der Waals surface area contributed by atoms with Crippen LogP contribution >= 0.6 is 0 Å². The fourth-order valence-corrected chi connectivity index (χ4v) is 30.9. The highest BCUT2D eigenvalue weighted by molar-refractivity contribution is 5.19. The van der Waals surface area contributed by atoms with E-state index in [9.17, 15) is 0 Å². The number of hydrogen-bond donors (Lipinski definition) is 0. The largest absolute Gasteiger partial charge is 0.300 e. The fraction of sp³-hybridized carbons (Fsp3) is 0.958. The summed E-state index contributed by atoms with van der Waals surface area (Å²) in [6.07, 6.45) is 104. The lowest BCUT2D eigenvalue weighted by Crippen LogP contribution is -2.51. The summed E-state index contributed by atoms with van der Waals surface area (Å²) >= 11 is 0. The first-order valence-electron chi connectivity index (χ1n) is 46.9. The molecule has 0 aromatic carbocycles. The van der Waals surface area contributed by atoms with Gasteiger partial charge in [-0.3, -0.25) is 4.90 Å². The quantitative estimate of drug-likeness (QED) is 0.142. The standard InChI is InChI=1S/C95H158N2/c1-96(86-28-16-6-17-29-86)93-65-84(57-60-88(93)79-35-32-67(33-36-79)62-91(80-49-41-73(42-50-80)69-20-8-2-9-21-69)81-51-43-74(44-52-81)70-22-10-3-11-23-70)77-37-39-78(40-38-77)85-58-61-90-89-59-34-68(64-94(89)97(95(90)66-85)87-30-18-7-19-31-87)63-92(82-53-45-75(46-54-82)71-24-12-4-13-25-71)83-55-47-76(48-56-83)72-26-14-5-15-27-72/h62-63,67-90,93-95H,2-61,64-66H2,1H3. The van der Waals surface area contributed by atoms with Crippen LogP contribution in [0.5, 0.6) is 0 Å². The van der Waals surface area contributed by atoms with E-state index in [4.69, 9.17) is 0 Å². The minimum absolute atomic E-state index is 0.858. The average molecular weight is 1330 g/mol. The summed E-state index contributed by atoms with van der Waals surface area (Å²) in [4.78, 5) is 6.60. The zero-order valence-electron chi connectivity index (χ0n) is 64.2. The Labute approximate surface area is 601 Å². The third-order valence-electron chi connectivity index (χ3n) is 36.4. The van der Waals surface area contributed by atoms with Crippen LogP contribution in [0.3, 0.4) is 0 Å². The first-order chi connectivity index (χ1) is 48.0. The van der Waals surface area contributed by atoms with Crippen molar-refractivity contribution in [3.63, 3.8) is 0 Å². The molecular weight excluding hydrogens is 1170 g/mol. The van der Waals surface area contributed by atoms with Gasteiger partial charge in [-0.1, -0.05) is 190 Å². The summed E-state index contributed by atoms with van der Waals surface area (Å²) in [5.74, 6) is 22.1. The molecule has 9 atom stereocenters. The molecule has 16 aliphatic rings. The molecule has 0 spiro atoms. The van der Waals surface area contributed by atoms with Crippen molar-refractivity contribution in [2.75, 3.05) is 7.05 Å². The van der Waals surface area contributed by atoms with Crippen LogP contribution in [-0.2, 0) is 0 Å². The summed E-state index contributed by atoms with van der Waals surface area (Å²) in [5, 5.41) is 0. The van der Waals surface area contributed by atoms with Crippen molar-refractivity contribution in [1.29, 1.82) is 0 Å². The topological polar surface area (TPSA) is 6.48 Å². The molecule has 9 unspecified atom stereocenters. The van der Waals surface area contributed by atoms with Gasteiger partial charge in [-0.25, -0.2) is 0 Å². The molecule has 16 rings (SSSR count). The minimum Gasteiger partial charge on any atom is -0.300 e. The minimum atomic E-state index is 0.858. The molecule has 15 aliphatic carbocycles. The molecule has 16 fully saturated rings. The number of rotatable bonds is 16. The zero-order valence-corrected chi connectivity index (χ0v) is 64.2. The molecule has 1 heterocycles. The third kappa shape index (κ3) is 16.8. The van der Waals surface area contributed by atoms with Gasteiger partial charge in [-0.2, -0.15) is 0 Å². The molecule has 2 nitrogen and oxygen atoms in total. The average Bonchev–Trinajstić information content (AvgIpc) is 1.62. The van der Waals surface area contributed by atoms with E-state index in [0.29, 0.717) is 0 Å². The Bertz CT molecular complexity index is 2290. The maximum atomic E-state index is 3.46. The molecule has 0 aromatic heterocycles. The summed E-state index contributed by atoms with van der Waals surface area (Å²) in [7, 11) is 2.70. The van der Waals surface area contributed by atoms with E-state index in [1.807, 2.05) is 0 Å². The van der Waals surface area contributed by atoms with E-state index in [1.54, 1.807) is 244 Å². The molecule has 0 N–H and O–H groups in total. The first kappa shape index (κ1) is 70.7. The van der Waals surface area contributed by atoms with Crippen LogP contribution in [0.2, 0.25) is 0 Å². The summed E-state index contributed by atoms with van der Waals surface area (Å²) < 4.78 is 0. The van der Waals surface area contributed by atoms with Gasteiger partial charge in [-0.05, 0) is 375 Å². The molecule has 0 aromatic rings. The first-order valence-corrected chi connectivity index (χ1v) is 46.9. The van der Waals surface area contributed by atoms with Crippen molar-refractivity contribution in [3.05, 3.63) is 23.3 Å². The van der Waals surface area contributed by atoms with Gasteiger partial charge >= 0.3 is 0 Å². The van der Waals surface area contributed by atoms with Gasteiger partial charge in [0.15, 0.2) is 0 Å². The maximum Gasteiger partial charge on any atom is 0.0138 e. The van der Waals surface area contributed by atoms with Crippen LogP contribution in [-0.4, -0.2) is 47.1 Å². The lowest BCUT2D eigenvalue weighted by molar-refractivity contribution is -0.00455. The van der Waals surface area contributed by atoms with Gasteiger partial charge in [-0.15, -0.1) is 0 Å². The summed E-state index contributed by atoms with van der Waals surface area (Å²) in [6, 6.07) is 4.45. The lowest BCUT2D eigenvalue weighted by Gasteiger charge is -2.51. The third-order valence-corrected chi connectivity index (χ3v) is 36.4. The smallest absolute Gasteiger partial charge is 0.0138 e. The number of allylic oxidation sites excluding steroid dienone is 4. The van der Waals surface area contributed by atoms with Crippen molar-refractivity contribution >= 4 is 0 Å². The van der Waals surface area contributed by atoms with Gasteiger partial charge in [0.1, 0.15) is 0 Å². The number of fused-ring (bicyclic) bond motifs is 3. The Morgan fingerprint density at radius 2 is 0.526 bits per heavy atom. The fourth-order valence-electron chi connectivity index (χ4n) is 30.9. The predicted molar refractivity (Wildman–Crippen MR) is 412 cm³/mol. The van der Waals surface area contributed by atoms with Crippen molar-refractivity contribution in [1.82, 2.24) is 9.80 Å². The van der Waals surface area contributed by atoms with E-state index in [2.05, 4.69) is 40.1 Å². The second kappa shape index (κ2) is 34.3. The van der Waals surface area contributed by atoms with Crippen molar-refractivity contribution < 1.29 is 0 Å². The second-order valence-electron chi connectivity index (χ2n) is 40.8. The Balaban J connectivity index is 0.554. The molecule has 0 bridgehead atoms. The zero-order chi connectivity index (χ0) is 64.9. The van der Waals surface area contributed by atoms with E-state index in [-0.39, 0.29) is 0 Å². The Hall–Kier alpha value is -0.600. The van der Waals surface area contributed by atoms with Crippen LogP contribution in [0.15, 0.2) is 23.3 Å². The van der Waals surface area contributed by atoms with E-state index in [0.717, 1.165) is 160 Å². The molecule has 1 aliphatic heterocycles. The molecule has 97 heavy (non-hydrogen) atoms. The molecular formula is C95H158N2. The second-order valence-corrected chi connectivity index (χ2v) is 40.8. The van der Waals surface area contributed by atoms with Crippen LogP contribution < -0.4 is 0 Å². The Morgan fingerprint density at radius 3 is 0.948 bits per heavy atom. The number of hydrogen-bond acceptors (Lipinski definition) is 2. The highest BCUT2D eigenvalue weighted by atomic mass is 15.3. The number of likely N-dealkylation sites (tertiary alicyclic amines) is 1. The summed E-state index contributed by atoms with van der Waals surface area (Å²) in [5.41, 5.74) is 4.16. The molecule has 1 saturated heterocycles. The van der Waals surface area contributed by atoms with E-state index < -0.39 is 0 Å². The lowest BCUT2D eigenvalue weighted by atomic mass is 9.60. The molecule has 0 radical (unpaired) electrons. The Morgan fingerprint density at radius 1 is 0.237 bits per heavy atom. The highest BCUT2D eigenvalue weighted by Crippen LogP contribution is 2.59. The highest BCUT2D eigenvalue weighted by Gasteiger charge is 2.55. The number of nitrogens with zero attached hydrogens (tertiary/aromatic N) is 2. The van der Waals surface area contributed by atoms with Gasteiger partial charge in [0.05, 0.1) is 0 Å². The van der Waals surface area contributed by atoms with Crippen LogP contribution in [0, 0.1) is 130 Å². The normalized spacial score (nSPS) is 43.7. The van der Waals surface area contributed by atoms with Crippen molar-refractivity contribution in [2.45, 2.75) is 435 Å². The Kier molecular flexibility index (Phi) is 25.0. The van der Waals surface area contributed by atoms with E-state index >= 15 is 0 Å². The van der Waals surface area contributed by atoms with Gasteiger partial charge < -0.3 is 4.90 Å². The predicted octanol–water partition coefficient (Wildman–Crippen LogP) is 27.3. The maximum absolute atomic E-state index is 3.46. The van der Waals surface area contributed by atoms with Crippen LogP contribution in [0.25, 0.3) is 0 Å². The molecule has 2 heteroatoms. The van der Waals surface area contributed by atoms with Crippen LogP contribution in [0.1, 0.15) is 405 Å². The van der Waals surface area contributed by atoms with Gasteiger partial charge in [0.25, 0.3) is 0 Å². The SMILES string of the molecule is CN(C1CCCCC1)C1CC(C2CCC(C3CCC4C5CCC(C=C(C6CCC(C7CCCCC7)CC6)C6CCC(C7CCCCC7)CC6)CC5N(C5CCCCC5)C4C3)CC2)CCC1C1CCC(C=C(C2CCC(C3CCCCC3)CC2)C2CCC(C3CCCCC3)CC2)CC1. The van der Waals surface area contributed by atoms with Crippen LogP contribution in [0.4, 0.5) is 0 Å². The summed E-state index contributed by atoms with van der Waals surface area (Å²) in [6.45, 7) is 0. The monoisotopic (exact) mass is 1330 g/mol. The molecule has 548 valence electrons. The van der Waals surface area contributed by atoms with Crippen molar-refractivity contribution in [2.24, 2.45) is 130 Å². The molecule has 0 amide bonds.